The van der Waals surface area contributed by atoms with Crippen LogP contribution in [-0.4, -0.2) is 59.8 Å². The molecule has 0 saturated carbocycles. The number of rotatable bonds is 10. The highest BCUT2D eigenvalue weighted by molar-refractivity contribution is 8.19. The fourth-order valence-electron chi connectivity index (χ4n) is 2.52. The highest BCUT2D eigenvalue weighted by Gasteiger charge is 2.30. The zero-order chi connectivity index (χ0) is 19.6. The number of benzene rings is 1. The zero-order valence-electron chi connectivity index (χ0n) is 16.3. The number of ether oxygens (including phenoxy) is 1. The molecule has 0 N–H and O–H groups in total. The molecule has 1 aliphatic heterocycles. The Kier molecular flexibility index (Phi) is 11.4. The maximum absolute atomic E-state index is 12.2. The van der Waals surface area contributed by atoms with Crippen LogP contribution < -0.4 is 0 Å². The van der Waals surface area contributed by atoms with Crippen molar-refractivity contribution in [1.29, 1.82) is 0 Å². The van der Waals surface area contributed by atoms with Gasteiger partial charge in [-0.2, -0.15) is 0 Å². The third-order valence-corrected chi connectivity index (χ3v) is 5.53. The first-order chi connectivity index (χ1) is 13.0. The van der Waals surface area contributed by atoms with Crippen LogP contribution in [0.5, 0.6) is 0 Å². The maximum Gasteiger partial charge on any atom is 0.305 e. The molecule has 1 aromatic carbocycles. The first kappa shape index (κ1) is 24.6. The predicted molar refractivity (Wildman–Crippen MR) is 122 cm³/mol. The van der Waals surface area contributed by atoms with Crippen LogP contribution in [0, 0.1) is 0 Å². The van der Waals surface area contributed by atoms with Crippen LogP contribution in [0.1, 0.15) is 31.2 Å². The van der Waals surface area contributed by atoms with Crippen molar-refractivity contribution in [3.05, 3.63) is 40.8 Å². The van der Waals surface area contributed by atoms with Crippen molar-refractivity contribution >= 4 is 58.7 Å². The molecule has 1 amide bonds. The van der Waals surface area contributed by atoms with Crippen LogP contribution in [0.2, 0.25) is 0 Å². The van der Waals surface area contributed by atoms with Gasteiger partial charge in [-0.3, -0.25) is 14.5 Å². The molecule has 1 fully saturated rings. The summed E-state index contributed by atoms with van der Waals surface area (Å²) in [6.45, 7) is 1.75. The number of carbonyl (C=O) groups is 2. The molecule has 1 saturated heterocycles. The Morgan fingerprint density at radius 1 is 1.21 bits per heavy atom. The van der Waals surface area contributed by atoms with E-state index in [2.05, 4.69) is 0 Å². The third kappa shape index (κ3) is 8.31. The minimum absolute atomic E-state index is 0. The molecular weight excluding hydrogens is 416 g/mol. The molecule has 0 unspecified atom stereocenters. The van der Waals surface area contributed by atoms with E-state index in [4.69, 9.17) is 17.0 Å². The van der Waals surface area contributed by atoms with E-state index >= 15 is 0 Å². The molecule has 154 valence electrons. The van der Waals surface area contributed by atoms with Gasteiger partial charge in [-0.1, -0.05) is 49.0 Å². The monoisotopic (exact) mass is 442 g/mol. The van der Waals surface area contributed by atoms with Gasteiger partial charge in [0.15, 0.2) is 0 Å². The lowest BCUT2D eigenvalue weighted by molar-refractivity contribution is -0.144. The van der Waals surface area contributed by atoms with Crippen molar-refractivity contribution in [3.63, 3.8) is 0 Å². The van der Waals surface area contributed by atoms with Gasteiger partial charge < -0.3 is 9.64 Å². The molecular formula is C20H27ClN2O3S2. The van der Waals surface area contributed by atoms with Gasteiger partial charge in [0.1, 0.15) is 11.6 Å². The summed E-state index contributed by atoms with van der Waals surface area (Å²) in [4.78, 5) is 28.9. The van der Waals surface area contributed by atoms with Gasteiger partial charge >= 0.3 is 5.97 Å². The molecule has 0 aliphatic carbocycles. The Hall–Kier alpha value is -1.41. The average molecular weight is 443 g/mol. The van der Waals surface area contributed by atoms with Gasteiger partial charge in [-0.05, 0) is 50.3 Å². The molecule has 0 atom stereocenters. The van der Waals surface area contributed by atoms with Crippen molar-refractivity contribution < 1.29 is 14.3 Å². The normalized spacial score (nSPS) is 15.2. The molecule has 0 bridgehead atoms. The van der Waals surface area contributed by atoms with Gasteiger partial charge in [0, 0.05) is 19.5 Å². The molecule has 28 heavy (non-hydrogen) atoms. The highest BCUT2D eigenvalue weighted by Crippen LogP contribution is 2.33. The first-order valence-electron chi connectivity index (χ1n) is 9.08. The molecule has 1 heterocycles. The van der Waals surface area contributed by atoms with E-state index in [1.807, 2.05) is 55.4 Å². The van der Waals surface area contributed by atoms with E-state index in [1.54, 1.807) is 4.90 Å². The maximum atomic E-state index is 12.2. The quantitative estimate of drug-likeness (QED) is 0.228. The molecule has 0 aromatic heterocycles. The first-order valence-corrected chi connectivity index (χ1v) is 10.3. The number of amides is 1. The SMILES string of the molecule is CN(C)CCOC(=O)CCCCCN1C(=O)SC(=Cc2ccccc2)C1=S.Cl. The second kappa shape index (κ2) is 12.9. The van der Waals surface area contributed by atoms with Crippen LogP contribution >= 0.6 is 36.4 Å². The number of hydrogen-bond acceptors (Lipinski definition) is 6. The van der Waals surface area contributed by atoms with E-state index in [0.717, 1.165) is 36.3 Å². The predicted octanol–water partition coefficient (Wildman–Crippen LogP) is 4.61. The van der Waals surface area contributed by atoms with Gasteiger partial charge in [-0.15, -0.1) is 12.4 Å². The molecule has 8 heteroatoms. The Balaban J connectivity index is 0.00000392. The summed E-state index contributed by atoms with van der Waals surface area (Å²) in [6, 6.07) is 9.85. The van der Waals surface area contributed by atoms with Crippen molar-refractivity contribution in [3.8, 4) is 0 Å². The number of nitrogens with zero attached hydrogens (tertiary/aromatic N) is 2. The summed E-state index contributed by atoms with van der Waals surface area (Å²) in [6.07, 6.45) is 4.80. The smallest absolute Gasteiger partial charge is 0.305 e. The Morgan fingerprint density at radius 3 is 2.61 bits per heavy atom. The largest absolute Gasteiger partial charge is 0.464 e. The highest BCUT2D eigenvalue weighted by atomic mass is 35.5. The van der Waals surface area contributed by atoms with Crippen molar-refractivity contribution in [2.45, 2.75) is 25.7 Å². The Morgan fingerprint density at radius 2 is 1.93 bits per heavy atom. The number of thiocarbonyl (C=S) groups is 1. The van der Waals surface area contributed by atoms with Crippen molar-refractivity contribution in [2.24, 2.45) is 0 Å². The lowest BCUT2D eigenvalue weighted by Gasteiger charge is -2.14. The summed E-state index contributed by atoms with van der Waals surface area (Å²) >= 11 is 6.65. The van der Waals surface area contributed by atoms with Crippen molar-refractivity contribution in [1.82, 2.24) is 9.80 Å². The van der Waals surface area contributed by atoms with Crippen LogP contribution in [0.3, 0.4) is 0 Å². The number of hydrogen-bond donors (Lipinski definition) is 0. The second-order valence-electron chi connectivity index (χ2n) is 6.58. The number of likely N-dealkylation sites (N-methyl/N-ethyl adjacent to an activating group) is 1. The topological polar surface area (TPSA) is 49.9 Å². The molecule has 1 aromatic rings. The molecule has 1 aliphatic rings. The Labute approximate surface area is 182 Å². The average Bonchev–Trinajstić information content (AvgIpc) is 2.89. The van der Waals surface area contributed by atoms with Crippen molar-refractivity contribution in [2.75, 3.05) is 33.8 Å². The number of thioether (sulfide) groups is 1. The lowest BCUT2D eigenvalue weighted by atomic mass is 10.2. The van der Waals surface area contributed by atoms with Gasteiger partial charge in [0.2, 0.25) is 0 Å². The van der Waals surface area contributed by atoms with E-state index in [-0.39, 0.29) is 23.6 Å². The van der Waals surface area contributed by atoms with Gasteiger partial charge in [-0.25, -0.2) is 0 Å². The minimum atomic E-state index is -0.159. The van der Waals surface area contributed by atoms with E-state index in [0.29, 0.717) is 24.6 Å². The standard InChI is InChI=1S/C20H26N2O3S2.ClH/c1-21(2)13-14-25-18(23)11-7-4-8-12-22-19(26)17(27-20(22)24)15-16-9-5-3-6-10-16;/h3,5-6,9-10,15H,4,7-8,11-14H2,1-2H3;1H. The van der Waals surface area contributed by atoms with Crippen LogP contribution in [0.25, 0.3) is 6.08 Å². The number of unbranched alkanes of at least 4 members (excludes halogenated alkanes) is 2. The van der Waals surface area contributed by atoms with E-state index in [9.17, 15) is 9.59 Å². The third-order valence-electron chi connectivity index (χ3n) is 4.04. The van der Waals surface area contributed by atoms with E-state index < -0.39 is 0 Å². The minimum Gasteiger partial charge on any atom is -0.464 e. The second-order valence-corrected chi connectivity index (χ2v) is 7.96. The zero-order valence-corrected chi connectivity index (χ0v) is 18.7. The van der Waals surface area contributed by atoms with Gasteiger partial charge in [0.25, 0.3) is 5.24 Å². The van der Waals surface area contributed by atoms with Crippen LogP contribution in [0.4, 0.5) is 4.79 Å². The number of carbonyl (C=O) groups excluding carboxylic acids is 2. The van der Waals surface area contributed by atoms with Crippen LogP contribution in [-0.2, 0) is 9.53 Å². The molecule has 2 rings (SSSR count). The summed E-state index contributed by atoms with van der Waals surface area (Å²) in [5.41, 5.74) is 1.03. The molecule has 0 spiro atoms. The van der Waals surface area contributed by atoms with Crippen LogP contribution in [0.15, 0.2) is 35.2 Å². The molecule has 5 nitrogen and oxygen atoms in total. The van der Waals surface area contributed by atoms with Gasteiger partial charge in [0.05, 0.1) is 4.91 Å². The number of esters is 1. The lowest BCUT2D eigenvalue weighted by Crippen LogP contribution is -2.27. The summed E-state index contributed by atoms with van der Waals surface area (Å²) in [5, 5.41) is -0.0229. The summed E-state index contributed by atoms with van der Waals surface area (Å²) < 4.78 is 5.16. The Bertz CT molecular complexity index is 696. The molecule has 0 radical (unpaired) electrons. The fourth-order valence-corrected chi connectivity index (χ4v) is 3.81. The summed E-state index contributed by atoms with van der Waals surface area (Å²) in [7, 11) is 3.88. The summed E-state index contributed by atoms with van der Waals surface area (Å²) in [5.74, 6) is -0.159. The number of halogens is 1. The fraction of sp³-hybridized carbons (Fsp3) is 0.450. The van der Waals surface area contributed by atoms with E-state index in [1.165, 1.54) is 11.8 Å².